The van der Waals surface area contributed by atoms with Gasteiger partial charge in [-0.2, -0.15) is 0 Å². The molecule has 7 heteroatoms. The largest absolute Gasteiger partial charge is 0.392 e. The molecule has 0 bridgehead atoms. The number of rotatable bonds is 5. The van der Waals surface area contributed by atoms with E-state index in [1.165, 1.54) is 24.4 Å². The van der Waals surface area contributed by atoms with Gasteiger partial charge in [0.25, 0.3) is 5.91 Å². The molecule has 5 nitrogen and oxygen atoms in total. The van der Waals surface area contributed by atoms with Crippen molar-refractivity contribution in [1.82, 2.24) is 10.3 Å². The number of amides is 1. The first-order chi connectivity index (χ1) is 12.4. The van der Waals surface area contributed by atoms with Gasteiger partial charge < -0.3 is 15.4 Å². The summed E-state index contributed by atoms with van der Waals surface area (Å²) in [4.78, 5) is 26.5. The van der Waals surface area contributed by atoms with Gasteiger partial charge in [-0.15, -0.1) is 0 Å². The van der Waals surface area contributed by atoms with Gasteiger partial charge in [0.2, 0.25) is 5.56 Å². The van der Waals surface area contributed by atoms with Crippen LogP contribution < -0.4 is 10.9 Å². The molecule has 1 aromatic carbocycles. The van der Waals surface area contributed by atoms with E-state index in [2.05, 4.69) is 26.2 Å². The molecule has 2 unspecified atom stereocenters. The topological polar surface area (TPSA) is 82.2 Å². The Hall–Kier alpha value is -1.99. The van der Waals surface area contributed by atoms with Gasteiger partial charge in [0.1, 0.15) is 5.82 Å². The zero-order valence-electron chi connectivity index (χ0n) is 14.1. The molecule has 2 atom stereocenters. The molecule has 3 N–H and O–H groups in total. The summed E-state index contributed by atoms with van der Waals surface area (Å²) in [5.74, 6) is -0.678. The van der Waals surface area contributed by atoms with E-state index in [1.54, 1.807) is 12.1 Å². The standard InChI is InChI=1S/C19H20BrFN2O3/c20-15-10-22-17(25)8-14(15)18(26)23-11-19(7-1-2-16(19)24)9-12-3-5-13(21)6-4-12/h3-6,8,10,16,24H,1-2,7,9,11H2,(H,22,25)(H,23,26). The van der Waals surface area contributed by atoms with Crippen molar-refractivity contribution in [3.63, 3.8) is 0 Å². The normalized spacial score (nSPS) is 22.3. The first-order valence-electron chi connectivity index (χ1n) is 8.49. The minimum Gasteiger partial charge on any atom is -0.392 e. The lowest BCUT2D eigenvalue weighted by molar-refractivity contribution is 0.0500. The zero-order chi connectivity index (χ0) is 18.7. The van der Waals surface area contributed by atoms with Crippen molar-refractivity contribution < 1.29 is 14.3 Å². The third-order valence-electron chi connectivity index (χ3n) is 5.05. The Morgan fingerprint density at radius 3 is 2.77 bits per heavy atom. The number of aliphatic hydroxyl groups excluding tert-OH is 1. The molecule has 0 spiro atoms. The quantitative estimate of drug-likeness (QED) is 0.692. The van der Waals surface area contributed by atoms with Crippen LogP contribution >= 0.6 is 15.9 Å². The maximum Gasteiger partial charge on any atom is 0.252 e. The number of halogens is 2. The highest BCUT2D eigenvalue weighted by Crippen LogP contribution is 2.41. The molecule has 26 heavy (non-hydrogen) atoms. The maximum absolute atomic E-state index is 13.1. The first kappa shape index (κ1) is 18.8. The number of aliphatic hydroxyl groups is 1. The third-order valence-corrected chi connectivity index (χ3v) is 5.70. The number of aromatic nitrogens is 1. The molecule has 0 saturated heterocycles. The molecule has 1 amide bonds. The monoisotopic (exact) mass is 422 g/mol. The van der Waals surface area contributed by atoms with Gasteiger partial charge in [-0.1, -0.05) is 18.6 Å². The number of pyridine rings is 1. The first-order valence-corrected chi connectivity index (χ1v) is 9.28. The Morgan fingerprint density at radius 2 is 2.12 bits per heavy atom. The fourth-order valence-electron chi connectivity index (χ4n) is 3.58. The number of benzene rings is 1. The van der Waals surface area contributed by atoms with E-state index in [-0.39, 0.29) is 29.4 Å². The van der Waals surface area contributed by atoms with Crippen molar-refractivity contribution in [2.24, 2.45) is 5.41 Å². The lowest BCUT2D eigenvalue weighted by atomic mass is 9.78. The van der Waals surface area contributed by atoms with Gasteiger partial charge >= 0.3 is 0 Å². The maximum atomic E-state index is 13.1. The van der Waals surface area contributed by atoms with Gasteiger partial charge in [-0.05, 0) is 52.9 Å². The highest BCUT2D eigenvalue weighted by Gasteiger charge is 2.42. The third kappa shape index (κ3) is 4.04. The number of hydrogen-bond acceptors (Lipinski definition) is 3. The van der Waals surface area contributed by atoms with Crippen LogP contribution in [0.15, 0.2) is 45.8 Å². The molecule has 0 radical (unpaired) electrons. The van der Waals surface area contributed by atoms with Crippen LogP contribution in [0.4, 0.5) is 4.39 Å². The number of hydrogen-bond donors (Lipinski definition) is 3. The number of carbonyl (C=O) groups is 1. The predicted octanol–water partition coefficient (Wildman–Crippen LogP) is 2.78. The molecule has 1 heterocycles. The summed E-state index contributed by atoms with van der Waals surface area (Å²) in [6.45, 7) is 0.281. The Balaban J connectivity index is 1.76. The van der Waals surface area contributed by atoms with Crippen LogP contribution in [0, 0.1) is 11.2 Å². The Labute approximate surface area is 158 Å². The van der Waals surface area contributed by atoms with E-state index in [4.69, 9.17) is 0 Å². The number of H-pyrrole nitrogens is 1. The van der Waals surface area contributed by atoms with E-state index in [0.717, 1.165) is 18.4 Å². The molecule has 3 rings (SSSR count). The summed E-state index contributed by atoms with van der Waals surface area (Å²) < 4.78 is 13.6. The smallest absolute Gasteiger partial charge is 0.252 e. The minimum atomic E-state index is -0.546. The Morgan fingerprint density at radius 1 is 1.38 bits per heavy atom. The molecule has 1 fully saturated rings. The van der Waals surface area contributed by atoms with E-state index < -0.39 is 11.5 Å². The van der Waals surface area contributed by atoms with Gasteiger partial charge in [0.15, 0.2) is 0 Å². The summed E-state index contributed by atoms with van der Waals surface area (Å²) in [6, 6.07) is 7.44. The SMILES string of the molecule is O=C(NCC1(Cc2ccc(F)cc2)CCCC1O)c1cc(=O)[nH]cc1Br. The summed E-state index contributed by atoms with van der Waals surface area (Å²) in [6.07, 6.45) is 3.73. The summed E-state index contributed by atoms with van der Waals surface area (Å²) in [5, 5.41) is 13.4. The molecule has 1 aromatic heterocycles. The van der Waals surface area contributed by atoms with E-state index in [0.29, 0.717) is 17.3 Å². The van der Waals surface area contributed by atoms with Crippen molar-refractivity contribution in [1.29, 1.82) is 0 Å². The average molecular weight is 423 g/mol. The number of nitrogens with one attached hydrogen (secondary N) is 2. The van der Waals surface area contributed by atoms with Crippen LogP contribution in [0.2, 0.25) is 0 Å². The Bertz CT molecular complexity index is 853. The summed E-state index contributed by atoms with van der Waals surface area (Å²) >= 11 is 3.25. The van der Waals surface area contributed by atoms with Crippen LogP contribution in [0.5, 0.6) is 0 Å². The van der Waals surface area contributed by atoms with Gasteiger partial charge in [0.05, 0.1) is 11.7 Å². The van der Waals surface area contributed by atoms with Gasteiger partial charge in [-0.3, -0.25) is 9.59 Å². The zero-order valence-corrected chi connectivity index (χ0v) is 15.7. The molecule has 138 valence electrons. The van der Waals surface area contributed by atoms with Crippen molar-refractivity contribution in [2.45, 2.75) is 31.8 Å². The summed E-state index contributed by atoms with van der Waals surface area (Å²) in [5.41, 5.74) is 0.304. The van der Waals surface area contributed by atoms with E-state index in [9.17, 15) is 19.1 Å². The molecule has 1 saturated carbocycles. The van der Waals surface area contributed by atoms with Crippen molar-refractivity contribution in [2.75, 3.05) is 6.54 Å². The van der Waals surface area contributed by atoms with Crippen LogP contribution in [-0.2, 0) is 6.42 Å². The molecule has 2 aromatic rings. The van der Waals surface area contributed by atoms with Crippen LogP contribution in [0.3, 0.4) is 0 Å². The molecule has 0 aliphatic heterocycles. The fourth-order valence-corrected chi connectivity index (χ4v) is 3.99. The average Bonchev–Trinajstić information content (AvgIpc) is 2.98. The van der Waals surface area contributed by atoms with Crippen LogP contribution in [0.25, 0.3) is 0 Å². The fraction of sp³-hybridized carbons (Fsp3) is 0.368. The second kappa shape index (κ2) is 7.72. The second-order valence-electron chi connectivity index (χ2n) is 6.82. The predicted molar refractivity (Wildman–Crippen MR) is 99.5 cm³/mol. The number of carbonyl (C=O) groups excluding carboxylic acids is 1. The van der Waals surface area contributed by atoms with Gasteiger partial charge in [-0.25, -0.2) is 4.39 Å². The lowest BCUT2D eigenvalue weighted by Gasteiger charge is -2.33. The molecule has 1 aliphatic carbocycles. The summed E-state index contributed by atoms with van der Waals surface area (Å²) in [7, 11) is 0. The van der Waals surface area contributed by atoms with Crippen molar-refractivity contribution in [3.05, 3.63) is 68.3 Å². The van der Waals surface area contributed by atoms with Gasteiger partial charge in [0, 0.05) is 28.7 Å². The second-order valence-corrected chi connectivity index (χ2v) is 7.67. The van der Waals surface area contributed by atoms with Crippen LogP contribution in [0.1, 0.15) is 35.2 Å². The van der Waals surface area contributed by atoms with Crippen LogP contribution in [-0.4, -0.2) is 28.6 Å². The molecule has 1 aliphatic rings. The Kier molecular flexibility index (Phi) is 5.58. The van der Waals surface area contributed by atoms with Crippen molar-refractivity contribution >= 4 is 21.8 Å². The minimum absolute atomic E-state index is 0.248. The highest BCUT2D eigenvalue weighted by molar-refractivity contribution is 9.10. The van der Waals surface area contributed by atoms with Crippen molar-refractivity contribution in [3.8, 4) is 0 Å². The van der Waals surface area contributed by atoms with E-state index in [1.807, 2.05) is 0 Å². The molecular weight excluding hydrogens is 403 g/mol. The number of aromatic amines is 1. The lowest BCUT2D eigenvalue weighted by Crippen LogP contribution is -2.44. The molecular formula is C19H20BrFN2O3. The highest BCUT2D eigenvalue weighted by atomic mass is 79.9. The van der Waals surface area contributed by atoms with E-state index >= 15 is 0 Å².